The molecule has 1 aromatic rings. The third-order valence-corrected chi connectivity index (χ3v) is 4.60. The Labute approximate surface area is 124 Å². The molecule has 20 heavy (non-hydrogen) atoms. The highest BCUT2D eigenvalue weighted by Gasteiger charge is 2.25. The normalized spacial score (nSPS) is 16.2. The maximum Gasteiger partial charge on any atom is 0.262 e. The van der Waals surface area contributed by atoms with Gasteiger partial charge in [-0.1, -0.05) is 11.6 Å². The van der Waals surface area contributed by atoms with Crippen LogP contribution in [0.3, 0.4) is 0 Å². The standard InChI is InChI=1S/C11H10Cl2FNO4S/c12-8-6-9(14)7(5-10(8)20(13,17)18)11(16)15-1-3-19-4-2-15/h5-6H,1-4H2. The average molecular weight is 342 g/mol. The van der Waals surface area contributed by atoms with Crippen molar-refractivity contribution in [2.24, 2.45) is 0 Å². The minimum atomic E-state index is -4.16. The number of nitrogens with zero attached hydrogens (tertiary/aromatic N) is 1. The first kappa shape index (κ1) is 15.5. The quantitative estimate of drug-likeness (QED) is 0.770. The number of carbonyl (C=O) groups excluding carboxylic acids is 1. The summed E-state index contributed by atoms with van der Waals surface area (Å²) in [6.45, 7) is 1.32. The van der Waals surface area contributed by atoms with E-state index in [1.54, 1.807) is 0 Å². The van der Waals surface area contributed by atoms with Gasteiger partial charge in [-0.25, -0.2) is 12.8 Å². The largest absolute Gasteiger partial charge is 0.378 e. The van der Waals surface area contributed by atoms with Gasteiger partial charge in [0, 0.05) is 23.8 Å². The SMILES string of the molecule is O=C(c1cc(S(=O)(=O)Cl)c(Cl)cc1F)N1CCOCC1. The molecule has 0 atom stereocenters. The first-order valence-electron chi connectivity index (χ1n) is 5.61. The summed E-state index contributed by atoms with van der Waals surface area (Å²) in [5.74, 6) is -1.51. The molecular weight excluding hydrogens is 332 g/mol. The first-order chi connectivity index (χ1) is 9.30. The van der Waals surface area contributed by atoms with E-state index in [2.05, 4.69) is 0 Å². The summed E-state index contributed by atoms with van der Waals surface area (Å²) < 4.78 is 41.6. The van der Waals surface area contributed by atoms with E-state index in [0.717, 1.165) is 12.1 Å². The van der Waals surface area contributed by atoms with Gasteiger partial charge in [0.2, 0.25) is 0 Å². The molecule has 2 rings (SSSR count). The van der Waals surface area contributed by atoms with Crippen LogP contribution >= 0.6 is 22.3 Å². The van der Waals surface area contributed by atoms with Gasteiger partial charge in [-0.15, -0.1) is 0 Å². The van der Waals surface area contributed by atoms with Crippen LogP contribution in [0.15, 0.2) is 17.0 Å². The number of rotatable bonds is 2. The van der Waals surface area contributed by atoms with Crippen molar-refractivity contribution in [3.05, 3.63) is 28.5 Å². The second-order valence-corrected chi connectivity index (χ2v) is 7.05. The van der Waals surface area contributed by atoms with E-state index in [-0.39, 0.29) is 10.6 Å². The van der Waals surface area contributed by atoms with E-state index in [1.807, 2.05) is 0 Å². The van der Waals surface area contributed by atoms with Crippen molar-refractivity contribution in [1.82, 2.24) is 4.90 Å². The van der Waals surface area contributed by atoms with Crippen LogP contribution in [0.2, 0.25) is 5.02 Å². The highest BCUT2D eigenvalue weighted by Crippen LogP contribution is 2.28. The zero-order chi connectivity index (χ0) is 14.9. The molecule has 5 nitrogen and oxygen atoms in total. The number of hydrogen-bond donors (Lipinski definition) is 0. The number of hydrogen-bond acceptors (Lipinski definition) is 4. The second kappa shape index (κ2) is 5.85. The minimum Gasteiger partial charge on any atom is -0.378 e. The molecule has 1 aliphatic rings. The van der Waals surface area contributed by atoms with E-state index in [0.29, 0.717) is 26.3 Å². The average Bonchev–Trinajstić information content (AvgIpc) is 2.37. The van der Waals surface area contributed by atoms with E-state index in [1.165, 1.54) is 4.90 Å². The molecule has 0 aliphatic carbocycles. The molecule has 0 N–H and O–H groups in total. The van der Waals surface area contributed by atoms with E-state index in [9.17, 15) is 17.6 Å². The Bertz CT molecular complexity index is 644. The summed E-state index contributed by atoms with van der Waals surface area (Å²) in [5.41, 5.74) is -0.379. The number of morpholine rings is 1. The fourth-order valence-electron chi connectivity index (χ4n) is 1.82. The highest BCUT2D eigenvalue weighted by atomic mass is 35.7. The Kier molecular flexibility index (Phi) is 4.53. The molecule has 1 saturated heterocycles. The predicted octanol–water partition coefficient (Wildman–Crippen LogP) is 1.88. The molecule has 1 fully saturated rings. The van der Waals surface area contributed by atoms with Crippen LogP contribution < -0.4 is 0 Å². The Balaban J connectivity index is 2.43. The molecule has 110 valence electrons. The summed E-state index contributed by atoms with van der Waals surface area (Å²) in [7, 11) is 1.04. The van der Waals surface area contributed by atoms with E-state index in [4.69, 9.17) is 27.0 Å². The van der Waals surface area contributed by atoms with Crippen LogP contribution in [-0.2, 0) is 13.8 Å². The minimum absolute atomic E-state index is 0.309. The van der Waals surface area contributed by atoms with Crippen molar-refractivity contribution >= 4 is 37.2 Å². The predicted molar refractivity (Wildman–Crippen MR) is 71.2 cm³/mol. The molecule has 0 radical (unpaired) electrons. The molecule has 9 heteroatoms. The lowest BCUT2D eigenvalue weighted by atomic mass is 10.1. The van der Waals surface area contributed by atoms with Gasteiger partial charge in [0.1, 0.15) is 10.7 Å². The van der Waals surface area contributed by atoms with Gasteiger partial charge in [0.05, 0.1) is 23.8 Å². The fraction of sp³-hybridized carbons (Fsp3) is 0.364. The third kappa shape index (κ3) is 3.22. The van der Waals surface area contributed by atoms with Crippen LogP contribution in [-0.4, -0.2) is 45.5 Å². The van der Waals surface area contributed by atoms with Crippen molar-refractivity contribution in [2.75, 3.05) is 26.3 Å². The van der Waals surface area contributed by atoms with Gasteiger partial charge < -0.3 is 9.64 Å². The summed E-state index contributed by atoms with van der Waals surface area (Å²) in [6.07, 6.45) is 0. The smallest absolute Gasteiger partial charge is 0.262 e. The molecule has 1 amide bonds. The summed E-state index contributed by atoms with van der Waals surface area (Å²) >= 11 is 5.63. The summed E-state index contributed by atoms with van der Waals surface area (Å²) in [6, 6.07) is 1.63. The number of ether oxygens (including phenoxy) is 1. The lowest BCUT2D eigenvalue weighted by molar-refractivity contribution is 0.0299. The van der Waals surface area contributed by atoms with Crippen molar-refractivity contribution in [3.8, 4) is 0 Å². The lowest BCUT2D eigenvalue weighted by Crippen LogP contribution is -2.41. The second-order valence-electron chi connectivity index (χ2n) is 4.10. The fourth-order valence-corrected chi connectivity index (χ4v) is 3.32. The third-order valence-electron chi connectivity index (χ3n) is 2.81. The molecule has 0 unspecified atom stereocenters. The van der Waals surface area contributed by atoms with E-state index < -0.39 is 25.7 Å². The van der Waals surface area contributed by atoms with Crippen molar-refractivity contribution in [1.29, 1.82) is 0 Å². The Hall–Kier alpha value is -0.890. The van der Waals surface area contributed by atoms with Gasteiger partial charge in [-0.05, 0) is 12.1 Å². The van der Waals surface area contributed by atoms with Gasteiger partial charge in [0.15, 0.2) is 0 Å². The zero-order valence-electron chi connectivity index (χ0n) is 10.1. The molecule has 1 aliphatic heterocycles. The molecule has 0 bridgehead atoms. The van der Waals surface area contributed by atoms with Gasteiger partial charge >= 0.3 is 0 Å². The molecular formula is C11H10Cl2FNO4S. The van der Waals surface area contributed by atoms with Crippen molar-refractivity contribution < 1.29 is 22.3 Å². The Morgan fingerprint density at radius 3 is 2.45 bits per heavy atom. The van der Waals surface area contributed by atoms with Gasteiger partial charge in [-0.3, -0.25) is 4.79 Å². The van der Waals surface area contributed by atoms with Crippen LogP contribution in [0, 0.1) is 5.82 Å². The Morgan fingerprint density at radius 1 is 1.30 bits per heavy atom. The van der Waals surface area contributed by atoms with Gasteiger partial charge in [0.25, 0.3) is 15.0 Å². The molecule has 1 heterocycles. The van der Waals surface area contributed by atoms with Gasteiger partial charge in [-0.2, -0.15) is 0 Å². The number of carbonyl (C=O) groups is 1. The maximum absolute atomic E-state index is 13.8. The van der Waals surface area contributed by atoms with Crippen LogP contribution in [0.1, 0.15) is 10.4 Å². The Morgan fingerprint density at radius 2 is 1.90 bits per heavy atom. The van der Waals surface area contributed by atoms with Crippen LogP contribution in [0.4, 0.5) is 4.39 Å². The monoisotopic (exact) mass is 341 g/mol. The van der Waals surface area contributed by atoms with Crippen LogP contribution in [0.5, 0.6) is 0 Å². The zero-order valence-corrected chi connectivity index (χ0v) is 12.4. The van der Waals surface area contributed by atoms with Crippen LogP contribution in [0.25, 0.3) is 0 Å². The first-order valence-corrected chi connectivity index (χ1v) is 8.30. The van der Waals surface area contributed by atoms with Crippen molar-refractivity contribution in [2.45, 2.75) is 4.90 Å². The van der Waals surface area contributed by atoms with Crippen molar-refractivity contribution in [3.63, 3.8) is 0 Å². The number of amides is 1. The lowest BCUT2D eigenvalue weighted by Gasteiger charge is -2.27. The number of benzene rings is 1. The molecule has 0 spiro atoms. The number of halogens is 3. The topological polar surface area (TPSA) is 63.7 Å². The summed E-state index contributed by atoms with van der Waals surface area (Å²) in [5, 5.41) is -0.365. The molecule has 1 aromatic carbocycles. The molecule has 0 aromatic heterocycles. The maximum atomic E-state index is 13.8. The van der Waals surface area contributed by atoms with E-state index >= 15 is 0 Å². The molecule has 0 saturated carbocycles. The summed E-state index contributed by atoms with van der Waals surface area (Å²) in [4.78, 5) is 13.0. The highest BCUT2D eigenvalue weighted by molar-refractivity contribution is 8.13.